The summed E-state index contributed by atoms with van der Waals surface area (Å²) in [4.78, 5) is 21.8. The van der Waals surface area contributed by atoms with Gasteiger partial charge in [-0.15, -0.1) is 11.3 Å². The molecule has 7 nitrogen and oxygen atoms in total. The fourth-order valence-electron chi connectivity index (χ4n) is 5.39. The van der Waals surface area contributed by atoms with Gasteiger partial charge in [-0.05, 0) is 49.9 Å². The van der Waals surface area contributed by atoms with Crippen molar-refractivity contribution in [2.45, 2.75) is 44.3 Å². The third-order valence-electron chi connectivity index (χ3n) is 7.02. The van der Waals surface area contributed by atoms with Crippen LogP contribution >= 0.6 is 11.3 Å². The van der Waals surface area contributed by atoms with E-state index in [1.807, 2.05) is 26.1 Å². The maximum atomic E-state index is 13.2. The van der Waals surface area contributed by atoms with E-state index in [0.29, 0.717) is 23.6 Å². The number of benzene rings is 1. The molecular weight excluding hydrogens is 434 g/mol. The Morgan fingerprint density at radius 2 is 2.03 bits per heavy atom. The highest BCUT2D eigenvalue weighted by Crippen LogP contribution is 2.36. The Kier molecular flexibility index (Phi) is 5.14. The highest BCUT2D eigenvalue weighted by atomic mass is 32.1. The van der Waals surface area contributed by atoms with Crippen LogP contribution in [-0.4, -0.2) is 55.8 Å². The number of anilines is 2. The Labute approximate surface area is 197 Å². The van der Waals surface area contributed by atoms with E-state index >= 15 is 0 Å². The molecular formula is C25H29N5O2S. The van der Waals surface area contributed by atoms with Crippen LogP contribution in [0, 0.1) is 6.92 Å². The number of hydrogen-bond acceptors (Lipinski definition) is 7. The van der Waals surface area contributed by atoms with Gasteiger partial charge in [0, 0.05) is 55.1 Å². The van der Waals surface area contributed by atoms with Crippen molar-refractivity contribution in [2.24, 2.45) is 0 Å². The molecule has 0 saturated carbocycles. The van der Waals surface area contributed by atoms with Crippen molar-refractivity contribution in [1.82, 2.24) is 15.6 Å². The number of amides is 1. The fourth-order valence-corrected chi connectivity index (χ4v) is 6.52. The smallest absolute Gasteiger partial charge is 0.263 e. The second-order valence-corrected chi connectivity index (χ2v) is 10.4. The molecule has 8 heteroatoms. The van der Waals surface area contributed by atoms with Crippen LogP contribution in [0.25, 0.3) is 10.2 Å². The quantitative estimate of drug-likeness (QED) is 0.551. The fraction of sp³-hybridized carbons (Fsp3) is 0.440. The maximum absolute atomic E-state index is 13.2. The number of carbonyl (C=O) groups is 1. The second-order valence-electron chi connectivity index (χ2n) is 9.38. The van der Waals surface area contributed by atoms with Crippen molar-refractivity contribution < 1.29 is 9.53 Å². The van der Waals surface area contributed by atoms with Gasteiger partial charge in [-0.25, -0.2) is 4.98 Å². The van der Waals surface area contributed by atoms with Crippen LogP contribution in [0.5, 0.6) is 5.75 Å². The summed E-state index contributed by atoms with van der Waals surface area (Å²) in [5.74, 6) is 0.867. The Bertz CT molecular complexity index is 1210. The predicted octanol–water partition coefficient (Wildman–Crippen LogP) is 3.32. The van der Waals surface area contributed by atoms with Crippen LogP contribution in [0.3, 0.4) is 0 Å². The number of nitrogens with zero attached hydrogens (tertiary/aromatic N) is 2. The summed E-state index contributed by atoms with van der Waals surface area (Å²) in [6, 6.07) is 11.7. The van der Waals surface area contributed by atoms with E-state index in [4.69, 9.17) is 4.74 Å². The molecule has 0 aliphatic carbocycles. The molecule has 2 fully saturated rings. The molecule has 0 spiro atoms. The highest BCUT2D eigenvalue weighted by molar-refractivity contribution is 7.21. The first kappa shape index (κ1) is 20.7. The molecule has 3 N–H and O–H groups in total. The van der Waals surface area contributed by atoms with Gasteiger partial charge in [-0.2, -0.15) is 0 Å². The maximum Gasteiger partial charge on any atom is 0.263 e. The van der Waals surface area contributed by atoms with E-state index in [9.17, 15) is 4.79 Å². The van der Waals surface area contributed by atoms with E-state index in [1.165, 1.54) is 29.9 Å². The van der Waals surface area contributed by atoms with Gasteiger partial charge >= 0.3 is 0 Å². The molecule has 2 unspecified atom stereocenters. The topological polar surface area (TPSA) is 78.5 Å². The normalized spacial score (nSPS) is 23.8. The lowest BCUT2D eigenvalue weighted by Gasteiger charge is -2.35. The number of piperazine rings is 1. The van der Waals surface area contributed by atoms with Gasteiger partial charge in [0.05, 0.1) is 11.7 Å². The molecule has 3 aromatic rings. The van der Waals surface area contributed by atoms with Crippen molar-refractivity contribution in [1.29, 1.82) is 0 Å². The number of pyridine rings is 1. The van der Waals surface area contributed by atoms with E-state index in [-0.39, 0.29) is 11.9 Å². The van der Waals surface area contributed by atoms with E-state index in [1.54, 1.807) is 0 Å². The summed E-state index contributed by atoms with van der Waals surface area (Å²) in [5.41, 5.74) is 4.17. The zero-order valence-electron chi connectivity index (χ0n) is 19.0. The van der Waals surface area contributed by atoms with Crippen LogP contribution in [-0.2, 0) is 6.42 Å². The molecule has 2 bridgehead atoms. The van der Waals surface area contributed by atoms with Crippen molar-refractivity contribution in [3.63, 3.8) is 0 Å². The lowest BCUT2D eigenvalue weighted by Crippen LogP contribution is -2.51. The number of aromatic nitrogens is 1. The Morgan fingerprint density at radius 1 is 1.21 bits per heavy atom. The van der Waals surface area contributed by atoms with Crippen molar-refractivity contribution in [3.05, 3.63) is 46.5 Å². The first-order chi connectivity index (χ1) is 16.1. The van der Waals surface area contributed by atoms with Crippen molar-refractivity contribution in [3.8, 4) is 5.75 Å². The Hall–Kier alpha value is -2.84. The number of carbonyl (C=O) groups excluding carboxylic acids is 1. The molecule has 2 aromatic heterocycles. The lowest BCUT2D eigenvalue weighted by molar-refractivity contribution is 0.0920. The zero-order valence-corrected chi connectivity index (χ0v) is 19.8. The summed E-state index contributed by atoms with van der Waals surface area (Å²) in [5, 5.41) is 11.0. The molecule has 33 heavy (non-hydrogen) atoms. The number of aryl methyl sites for hydroxylation is 1. The van der Waals surface area contributed by atoms with Crippen LogP contribution < -0.4 is 25.6 Å². The number of nitrogens with one attached hydrogen (secondary N) is 3. The van der Waals surface area contributed by atoms with Crippen LogP contribution in [0.1, 0.15) is 33.8 Å². The van der Waals surface area contributed by atoms with Gasteiger partial charge in [0.1, 0.15) is 22.1 Å². The monoisotopic (exact) mass is 463 g/mol. The standard InChI is InChI=1S/C25H29N5O2S/c1-14-3-8-20-22(26-2)23(33-25(20)27-14)24(31)29-18-9-15-4-7-19(10-21(15)32-13-18)30-11-16-5-6-17(12-30)28-16/h3-4,7-8,10,16-18,26,28H,5-6,9,11-13H2,1-2H3,(H,29,31)/t16?,17?,18-/m0/s1. The average Bonchev–Trinajstić information content (AvgIpc) is 3.36. The second kappa shape index (κ2) is 8.18. The largest absolute Gasteiger partial charge is 0.491 e. The molecule has 3 aliphatic rings. The average molecular weight is 464 g/mol. The third-order valence-corrected chi connectivity index (χ3v) is 8.12. The Morgan fingerprint density at radius 3 is 2.82 bits per heavy atom. The Balaban J connectivity index is 1.17. The molecule has 6 rings (SSSR count). The molecule has 1 amide bonds. The van der Waals surface area contributed by atoms with Gasteiger partial charge in [0.2, 0.25) is 0 Å². The van der Waals surface area contributed by atoms with Gasteiger partial charge in [-0.3, -0.25) is 4.79 Å². The molecule has 0 radical (unpaired) electrons. The summed E-state index contributed by atoms with van der Waals surface area (Å²) < 4.78 is 6.12. The van der Waals surface area contributed by atoms with Gasteiger partial charge < -0.3 is 25.6 Å². The molecule has 172 valence electrons. The molecule has 2 saturated heterocycles. The van der Waals surface area contributed by atoms with E-state index in [0.717, 1.165) is 52.4 Å². The number of rotatable bonds is 4. The minimum Gasteiger partial charge on any atom is -0.491 e. The van der Waals surface area contributed by atoms with Crippen molar-refractivity contribution >= 4 is 38.8 Å². The first-order valence-electron chi connectivity index (χ1n) is 11.7. The predicted molar refractivity (Wildman–Crippen MR) is 133 cm³/mol. The number of fused-ring (bicyclic) bond motifs is 4. The zero-order chi connectivity index (χ0) is 22.5. The molecule has 3 atom stereocenters. The van der Waals surface area contributed by atoms with E-state index in [2.05, 4.69) is 44.0 Å². The minimum atomic E-state index is -0.0787. The third kappa shape index (κ3) is 3.81. The molecule has 3 aliphatic heterocycles. The number of hydrogen-bond donors (Lipinski definition) is 3. The van der Waals surface area contributed by atoms with Gasteiger partial charge in [0.25, 0.3) is 5.91 Å². The SMILES string of the molecule is CNc1c(C(=O)N[C@@H]2COc3cc(N4CC5CCC(C4)N5)ccc3C2)sc2nc(C)ccc12. The van der Waals surface area contributed by atoms with Crippen LogP contribution in [0.4, 0.5) is 11.4 Å². The molecule has 5 heterocycles. The first-order valence-corrected chi connectivity index (χ1v) is 12.5. The summed E-state index contributed by atoms with van der Waals surface area (Å²) in [7, 11) is 1.85. The molecule has 1 aromatic carbocycles. The van der Waals surface area contributed by atoms with E-state index < -0.39 is 0 Å². The number of ether oxygens (including phenoxy) is 1. The summed E-state index contributed by atoms with van der Waals surface area (Å²) in [6.45, 7) is 4.56. The minimum absolute atomic E-state index is 0.0597. The lowest BCUT2D eigenvalue weighted by atomic mass is 10.0. The highest BCUT2D eigenvalue weighted by Gasteiger charge is 2.33. The van der Waals surface area contributed by atoms with Crippen LogP contribution in [0.15, 0.2) is 30.3 Å². The van der Waals surface area contributed by atoms with Gasteiger partial charge in [-0.1, -0.05) is 6.07 Å². The van der Waals surface area contributed by atoms with Crippen LogP contribution in [0.2, 0.25) is 0 Å². The van der Waals surface area contributed by atoms with Crippen molar-refractivity contribution in [2.75, 3.05) is 37.0 Å². The summed E-state index contributed by atoms with van der Waals surface area (Å²) >= 11 is 1.43. The number of thiophene rings is 1. The van der Waals surface area contributed by atoms with Gasteiger partial charge in [0.15, 0.2) is 0 Å². The summed E-state index contributed by atoms with van der Waals surface area (Å²) in [6.07, 6.45) is 3.31.